The highest BCUT2D eigenvalue weighted by Gasteiger charge is 2.25. The zero-order valence-corrected chi connectivity index (χ0v) is 9.01. The summed E-state index contributed by atoms with van der Waals surface area (Å²) < 4.78 is 4.70. The summed E-state index contributed by atoms with van der Waals surface area (Å²) in [6, 6.07) is 3.06. The van der Waals surface area contributed by atoms with Gasteiger partial charge in [-0.1, -0.05) is 13.2 Å². The van der Waals surface area contributed by atoms with Gasteiger partial charge < -0.3 is 4.74 Å². The van der Waals surface area contributed by atoms with Crippen LogP contribution in [0.25, 0.3) is 0 Å². The molecule has 0 atom stereocenters. The molecular weight excluding hydrogens is 224 g/mol. The molecule has 0 amide bonds. The molecule has 0 saturated carbocycles. The average Bonchev–Trinajstić information content (AvgIpc) is 2.32. The number of nitro groups is 1. The van der Waals surface area contributed by atoms with E-state index in [2.05, 4.69) is 18.2 Å². The summed E-state index contributed by atoms with van der Waals surface area (Å²) >= 11 is 0. The minimum Gasteiger partial charge on any atom is -0.490 e. The maximum atomic E-state index is 10.8. The molecule has 0 heterocycles. The van der Waals surface area contributed by atoms with Crippen molar-refractivity contribution in [2.45, 2.75) is 0 Å². The highest BCUT2D eigenvalue weighted by Crippen LogP contribution is 2.11. The topological polar surface area (TPSA) is 112 Å². The van der Waals surface area contributed by atoms with Crippen molar-refractivity contribution in [2.75, 3.05) is 7.11 Å². The normalized spacial score (nSPS) is 11.6. The molecule has 0 fully saturated rings. The zero-order valence-electron chi connectivity index (χ0n) is 9.01. The molecule has 0 bridgehead atoms. The van der Waals surface area contributed by atoms with Crippen LogP contribution in [0.15, 0.2) is 41.4 Å². The molecule has 0 aliphatic rings. The molecule has 0 saturated heterocycles. The standard InChI is InChI=1S/C10H8N4O3/c1-4-9(17-3)10(14(15)16)8(6-12)13-7(2)5-11/h4H,1-2H2,3H3/b10-9-,13-8?. The van der Waals surface area contributed by atoms with Crippen LogP contribution in [-0.4, -0.2) is 17.7 Å². The molecule has 0 aromatic carbocycles. The van der Waals surface area contributed by atoms with Crippen molar-refractivity contribution in [3.8, 4) is 12.1 Å². The Hall–Kier alpha value is -2.93. The minimum absolute atomic E-state index is 0.221. The first kappa shape index (κ1) is 14.1. The fourth-order valence-corrected chi connectivity index (χ4v) is 0.861. The molecule has 0 unspecified atom stereocenters. The second-order valence-corrected chi connectivity index (χ2v) is 2.51. The molecule has 17 heavy (non-hydrogen) atoms. The van der Waals surface area contributed by atoms with Gasteiger partial charge in [0.25, 0.3) is 0 Å². The first-order chi connectivity index (χ1) is 8.01. The second kappa shape index (κ2) is 6.53. The van der Waals surface area contributed by atoms with E-state index in [1.54, 1.807) is 6.07 Å². The van der Waals surface area contributed by atoms with E-state index in [9.17, 15) is 10.1 Å². The minimum atomic E-state index is -0.840. The molecule has 0 aliphatic heterocycles. The first-order valence-corrected chi connectivity index (χ1v) is 4.15. The predicted molar refractivity (Wildman–Crippen MR) is 59.0 cm³/mol. The molecule has 7 nitrogen and oxygen atoms in total. The number of ether oxygens (including phenoxy) is 1. The van der Waals surface area contributed by atoms with Crippen LogP contribution in [-0.2, 0) is 4.74 Å². The van der Waals surface area contributed by atoms with Crippen LogP contribution in [0.3, 0.4) is 0 Å². The summed E-state index contributed by atoms with van der Waals surface area (Å²) in [5, 5.41) is 28.0. The Balaban J connectivity index is 5.90. The van der Waals surface area contributed by atoms with Crippen molar-refractivity contribution in [1.29, 1.82) is 10.5 Å². The molecule has 0 spiro atoms. The number of methoxy groups -OCH3 is 1. The Morgan fingerprint density at radius 2 is 2.12 bits per heavy atom. The summed E-state index contributed by atoms with van der Waals surface area (Å²) in [7, 11) is 1.19. The Morgan fingerprint density at radius 1 is 1.53 bits per heavy atom. The number of rotatable bonds is 5. The third kappa shape index (κ3) is 3.61. The lowest BCUT2D eigenvalue weighted by Crippen LogP contribution is -2.13. The van der Waals surface area contributed by atoms with Gasteiger partial charge in [0, 0.05) is 0 Å². The van der Waals surface area contributed by atoms with E-state index < -0.39 is 16.3 Å². The van der Waals surface area contributed by atoms with E-state index in [0.717, 1.165) is 6.08 Å². The Morgan fingerprint density at radius 3 is 2.41 bits per heavy atom. The molecule has 0 aromatic rings. The van der Waals surface area contributed by atoms with Crippen LogP contribution in [0.5, 0.6) is 0 Å². The molecule has 0 aromatic heterocycles. The van der Waals surface area contributed by atoms with Gasteiger partial charge >= 0.3 is 5.70 Å². The van der Waals surface area contributed by atoms with Crippen LogP contribution in [0.1, 0.15) is 0 Å². The summed E-state index contributed by atoms with van der Waals surface area (Å²) in [4.78, 5) is 13.4. The van der Waals surface area contributed by atoms with E-state index in [-0.39, 0.29) is 11.5 Å². The van der Waals surface area contributed by atoms with Crippen LogP contribution in [0.4, 0.5) is 0 Å². The Labute approximate surface area is 97.4 Å². The van der Waals surface area contributed by atoms with E-state index in [1.165, 1.54) is 13.2 Å². The maximum Gasteiger partial charge on any atom is 0.346 e. The van der Waals surface area contributed by atoms with Crippen molar-refractivity contribution in [1.82, 2.24) is 0 Å². The molecule has 0 radical (unpaired) electrons. The van der Waals surface area contributed by atoms with Crippen molar-refractivity contribution in [3.63, 3.8) is 0 Å². The average molecular weight is 232 g/mol. The zero-order chi connectivity index (χ0) is 13.4. The maximum absolute atomic E-state index is 10.8. The number of hydrogen-bond donors (Lipinski definition) is 0. The predicted octanol–water partition coefficient (Wildman–Crippen LogP) is 1.31. The lowest BCUT2D eigenvalue weighted by molar-refractivity contribution is -0.417. The van der Waals surface area contributed by atoms with E-state index in [0.29, 0.717) is 0 Å². The van der Waals surface area contributed by atoms with Gasteiger partial charge in [-0.3, -0.25) is 10.1 Å². The molecule has 7 heteroatoms. The Kier molecular flexibility index (Phi) is 5.41. The highest BCUT2D eigenvalue weighted by atomic mass is 16.6. The van der Waals surface area contributed by atoms with Gasteiger partial charge in [-0.15, -0.1) is 0 Å². The lowest BCUT2D eigenvalue weighted by Gasteiger charge is -2.01. The largest absolute Gasteiger partial charge is 0.490 e. The second-order valence-electron chi connectivity index (χ2n) is 2.51. The molecular formula is C10H8N4O3. The van der Waals surface area contributed by atoms with Gasteiger partial charge in [0.15, 0.2) is 5.76 Å². The summed E-state index contributed by atoms with van der Waals surface area (Å²) in [5.74, 6) is -0.221. The number of aliphatic imine (C=N–C) groups is 1. The smallest absolute Gasteiger partial charge is 0.346 e. The van der Waals surface area contributed by atoms with Crippen molar-refractivity contribution < 1.29 is 9.66 Å². The van der Waals surface area contributed by atoms with E-state index in [1.807, 2.05) is 0 Å². The van der Waals surface area contributed by atoms with Crippen molar-refractivity contribution in [2.24, 2.45) is 4.99 Å². The molecule has 86 valence electrons. The van der Waals surface area contributed by atoms with Gasteiger partial charge in [0.05, 0.1) is 12.0 Å². The van der Waals surface area contributed by atoms with Gasteiger partial charge in [0.2, 0.25) is 5.71 Å². The summed E-state index contributed by atoms with van der Waals surface area (Å²) in [6.07, 6.45) is 1.07. The first-order valence-electron chi connectivity index (χ1n) is 4.15. The van der Waals surface area contributed by atoms with Gasteiger partial charge in [-0.2, -0.15) is 10.5 Å². The molecule has 0 N–H and O–H groups in total. The molecule has 0 rings (SSSR count). The monoisotopic (exact) mass is 232 g/mol. The summed E-state index contributed by atoms with van der Waals surface area (Å²) in [6.45, 7) is 6.51. The fourth-order valence-electron chi connectivity index (χ4n) is 0.861. The van der Waals surface area contributed by atoms with Gasteiger partial charge in [-0.25, -0.2) is 4.99 Å². The van der Waals surface area contributed by atoms with E-state index >= 15 is 0 Å². The number of hydrogen-bond acceptors (Lipinski definition) is 6. The van der Waals surface area contributed by atoms with Crippen LogP contribution in [0.2, 0.25) is 0 Å². The number of allylic oxidation sites excluding steroid dienone is 3. The SMILES string of the molecule is C=C/C(OC)=C(\C(C#N)=NC(=C)C#N)[N+](=O)[O-]. The lowest BCUT2D eigenvalue weighted by atomic mass is 10.2. The van der Waals surface area contributed by atoms with Crippen molar-refractivity contribution >= 4 is 5.71 Å². The summed E-state index contributed by atoms with van der Waals surface area (Å²) in [5.41, 5.74) is -1.56. The number of nitrogens with zero attached hydrogens (tertiary/aromatic N) is 4. The van der Waals surface area contributed by atoms with Gasteiger partial charge in [-0.05, 0) is 6.08 Å². The quantitative estimate of drug-likeness (QED) is 0.177. The highest BCUT2D eigenvalue weighted by molar-refractivity contribution is 6.10. The van der Waals surface area contributed by atoms with E-state index in [4.69, 9.17) is 15.3 Å². The van der Waals surface area contributed by atoms with Gasteiger partial charge in [0.1, 0.15) is 17.8 Å². The third-order valence-corrected chi connectivity index (χ3v) is 1.53. The number of nitriles is 2. The van der Waals surface area contributed by atoms with Crippen molar-refractivity contribution in [3.05, 3.63) is 46.5 Å². The van der Waals surface area contributed by atoms with Crippen LogP contribution < -0.4 is 0 Å². The Bertz CT molecular complexity index is 503. The van der Waals surface area contributed by atoms with Crippen LogP contribution in [0, 0.1) is 32.8 Å². The molecule has 0 aliphatic carbocycles. The third-order valence-electron chi connectivity index (χ3n) is 1.53. The fraction of sp³-hybridized carbons (Fsp3) is 0.100. The van der Waals surface area contributed by atoms with Crippen LogP contribution >= 0.6 is 0 Å².